The van der Waals surface area contributed by atoms with E-state index in [0.717, 1.165) is 0 Å². The highest BCUT2D eigenvalue weighted by atomic mass is 16.5. The molecule has 1 aliphatic heterocycles. The molecule has 0 radical (unpaired) electrons. The first-order valence-electron chi connectivity index (χ1n) is 12.1. The lowest BCUT2D eigenvalue weighted by molar-refractivity contribution is -0.147. The zero-order chi connectivity index (χ0) is 24.1. The molecule has 2 unspecified atom stereocenters. The van der Waals surface area contributed by atoms with E-state index in [-0.39, 0.29) is 30.4 Å². The molecule has 2 atom stereocenters. The largest absolute Gasteiger partial charge is 0.481 e. The van der Waals surface area contributed by atoms with Crippen molar-refractivity contribution in [2.45, 2.75) is 51.0 Å². The van der Waals surface area contributed by atoms with Gasteiger partial charge in [-0.25, -0.2) is 4.79 Å². The number of amides is 2. The first-order chi connectivity index (χ1) is 16.5. The molecule has 2 aromatic rings. The quantitative estimate of drug-likeness (QED) is 0.565. The van der Waals surface area contributed by atoms with Crippen LogP contribution in [0.1, 0.15) is 56.1 Å². The van der Waals surface area contributed by atoms with Crippen LogP contribution < -0.4 is 5.32 Å². The Morgan fingerprint density at radius 1 is 1.03 bits per heavy atom. The van der Waals surface area contributed by atoms with E-state index in [2.05, 4.69) is 29.6 Å². The maximum absolute atomic E-state index is 12.5. The molecule has 1 fully saturated rings. The fraction of sp³-hybridized carbons (Fsp3) is 0.444. The predicted molar refractivity (Wildman–Crippen MR) is 128 cm³/mol. The number of likely N-dealkylation sites (tertiary alicyclic amines) is 1. The number of benzene rings is 2. The van der Waals surface area contributed by atoms with E-state index in [4.69, 9.17) is 9.84 Å². The second kappa shape index (κ2) is 10.7. The highest BCUT2D eigenvalue weighted by Crippen LogP contribution is 2.44. The van der Waals surface area contributed by atoms with Crippen molar-refractivity contribution in [3.05, 3.63) is 59.7 Å². The zero-order valence-corrected chi connectivity index (χ0v) is 19.5. The number of fused-ring (bicyclic) bond motifs is 3. The van der Waals surface area contributed by atoms with Crippen molar-refractivity contribution in [3.8, 4) is 11.1 Å². The lowest BCUT2D eigenvalue weighted by Crippen LogP contribution is -2.46. The van der Waals surface area contributed by atoms with Crippen LogP contribution in [0.15, 0.2) is 48.5 Å². The van der Waals surface area contributed by atoms with Crippen molar-refractivity contribution >= 4 is 18.0 Å². The smallest absolute Gasteiger partial charge is 0.407 e. The van der Waals surface area contributed by atoms with Crippen LogP contribution >= 0.6 is 0 Å². The van der Waals surface area contributed by atoms with Gasteiger partial charge in [-0.1, -0.05) is 48.5 Å². The molecule has 2 aromatic carbocycles. The number of aliphatic carboxylic acids is 1. The number of rotatable bonds is 8. The van der Waals surface area contributed by atoms with Gasteiger partial charge in [0.05, 0.1) is 5.92 Å². The molecule has 180 valence electrons. The molecule has 1 aliphatic carbocycles. The lowest BCUT2D eigenvalue weighted by Gasteiger charge is -2.36. The van der Waals surface area contributed by atoms with E-state index in [1.54, 1.807) is 4.90 Å². The molecule has 0 spiro atoms. The normalized spacial score (nSPS) is 19.3. The van der Waals surface area contributed by atoms with E-state index in [1.165, 1.54) is 22.3 Å². The van der Waals surface area contributed by atoms with E-state index in [9.17, 15) is 14.4 Å². The molecule has 7 heteroatoms. The number of carbonyl (C=O) groups excluding carboxylic acids is 2. The first kappa shape index (κ1) is 23.8. The van der Waals surface area contributed by atoms with Gasteiger partial charge >= 0.3 is 12.1 Å². The van der Waals surface area contributed by atoms with E-state index >= 15 is 0 Å². The van der Waals surface area contributed by atoms with Crippen molar-refractivity contribution < 1.29 is 24.2 Å². The Morgan fingerprint density at radius 3 is 2.29 bits per heavy atom. The summed E-state index contributed by atoms with van der Waals surface area (Å²) in [6.45, 7) is 3.13. The minimum absolute atomic E-state index is 0.0306. The SMILES string of the molecule is CC1CC(C(=O)O)CCN1C(=O)CCCCNC(=O)OCC1c2ccccc2-c2ccccc21. The Hall–Kier alpha value is -3.35. The van der Waals surface area contributed by atoms with Crippen LogP contribution in [0.3, 0.4) is 0 Å². The number of unbranched alkanes of at least 4 members (excludes halogenated alkanes) is 1. The van der Waals surface area contributed by atoms with Crippen molar-refractivity contribution in [1.29, 1.82) is 0 Å². The Kier molecular flexibility index (Phi) is 7.50. The van der Waals surface area contributed by atoms with Crippen molar-refractivity contribution in [3.63, 3.8) is 0 Å². The second-order valence-electron chi connectivity index (χ2n) is 9.21. The van der Waals surface area contributed by atoms with Crippen molar-refractivity contribution in [1.82, 2.24) is 10.2 Å². The topological polar surface area (TPSA) is 95.9 Å². The fourth-order valence-corrected chi connectivity index (χ4v) is 5.15. The van der Waals surface area contributed by atoms with Crippen LogP contribution in [0, 0.1) is 5.92 Å². The van der Waals surface area contributed by atoms with Gasteiger partial charge in [-0.2, -0.15) is 0 Å². The third-order valence-corrected chi connectivity index (χ3v) is 6.98. The van der Waals surface area contributed by atoms with Crippen LogP contribution in [0.4, 0.5) is 4.79 Å². The van der Waals surface area contributed by atoms with Crippen molar-refractivity contribution in [2.24, 2.45) is 5.92 Å². The minimum Gasteiger partial charge on any atom is -0.481 e. The molecule has 2 aliphatic rings. The van der Waals surface area contributed by atoms with Crippen LogP contribution in [0.25, 0.3) is 11.1 Å². The summed E-state index contributed by atoms with van der Waals surface area (Å²) in [5, 5.41) is 11.9. The van der Waals surface area contributed by atoms with Crippen LogP contribution in [0.5, 0.6) is 0 Å². The van der Waals surface area contributed by atoms with E-state index in [0.29, 0.717) is 45.2 Å². The molecular formula is C27H32N2O5. The Labute approximate surface area is 200 Å². The van der Waals surface area contributed by atoms with Crippen molar-refractivity contribution in [2.75, 3.05) is 19.7 Å². The molecule has 2 amide bonds. The maximum atomic E-state index is 12.5. The molecule has 0 aromatic heterocycles. The summed E-state index contributed by atoms with van der Waals surface area (Å²) in [5.41, 5.74) is 4.74. The molecule has 4 rings (SSSR count). The monoisotopic (exact) mass is 464 g/mol. The molecule has 7 nitrogen and oxygen atoms in total. The summed E-state index contributed by atoms with van der Waals surface area (Å²) in [4.78, 5) is 37.7. The van der Waals surface area contributed by atoms with Gasteiger partial charge in [0, 0.05) is 31.5 Å². The molecule has 1 saturated heterocycles. The number of alkyl carbamates (subject to hydrolysis) is 1. The van der Waals surface area contributed by atoms with Gasteiger partial charge in [-0.05, 0) is 54.9 Å². The number of nitrogens with one attached hydrogen (secondary N) is 1. The van der Waals surface area contributed by atoms with Gasteiger partial charge in [0.15, 0.2) is 0 Å². The Balaban J connectivity index is 1.16. The number of carboxylic acids is 1. The molecular weight excluding hydrogens is 432 g/mol. The van der Waals surface area contributed by atoms with E-state index in [1.807, 2.05) is 31.2 Å². The second-order valence-corrected chi connectivity index (χ2v) is 9.21. The molecule has 0 saturated carbocycles. The summed E-state index contributed by atoms with van der Waals surface area (Å²) >= 11 is 0. The molecule has 2 N–H and O–H groups in total. The van der Waals surface area contributed by atoms with Crippen LogP contribution in [-0.4, -0.2) is 53.7 Å². The molecule has 34 heavy (non-hydrogen) atoms. The highest BCUT2D eigenvalue weighted by Gasteiger charge is 2.32. The van der Waals surface area contributed by atoms with Crippen LogP contribution in [-0.2, 0) is 14.3 Å². The predicted octanol–water partition coefficient (Wildman–Crippen LogP) is 4.41. The van der Waals surface area contributed by atoms with Gasteiger partial charge < -0.3 is 20.1 Å². The van der Waals surface area contributed by atoms with Gasteiger partial charge in [0.1, 0.15) is 6.61 Å². The van der Waals surface area contributed by atoms with Crippen LogP contribution in [0.2, 0.25) is 0 Å². The maximum Gasteiger partial charge on any atom is 0.407 e. The average Bonchev–Trinajstić information content (AvgIpc) is 3.16. The summed E-state index contributed by atoms with van der Waals surface area (Å²) < 4.78 is 5.53. The number of hydrogen-bond acceptors (Lipinski definition) is 4. The number of hydrogen-bond donors (Lipinski definition) is 2. The van der Waals surface area contributed by atoms with E-state index < -0.39 is 12.1 Å². The summed E-state index contributed by atoms with van der Waals surface area (Å²) in [5.74, 6) is -1.06. The van der Waals surface area contributed by atoms with Gasteiger partial charge in [0.25, 0.3) is 0 Å². The van der Waals surface area contributed by atoms with Gasteiger partial charge in [-0.3, -0.25) is 9.59 Å². The number of piperidine rings is 1. The molecule has 0 bridgehead atoms. The fourth-order valence-electron chi connectivity index (χ4n) is 5.15. The standard InChI is InChI=1S/C27H32N2O5/c1-18-16-19(26(31)32)13-15-29(18)25(30)12-6-7-14-28-27(33)34-17-24-22-10-4-2-8-20(22)21-9-3-5-11-23(21)24/h2-5,8-11,18-19,24H,6-7,12-17H2,1H3,(H,28,33)(H,31,32). The zero-order valence-electron chi connectivity index (χ0n) is 19.5. The highest BCUT2D eigenvalue weighted by molar-refractivity contribution is 5.79. The molecule has 1 heterocycles. The minimum atomic E-state index is -0.779. The number of carboxylic acid groups (broad SMARTS) is 1. The Morgan fingerprint density at radius 2 is 1.68 bits per heavy atom. The third-order valence-electron chi connectivity index (χ3n) is 6.98. The lowest BCUT2D eigenvalue weighted by atomic mass is 9.91. The van der Waals surface area contributed by atoms with Gasteiger partial charge in [0.2, 0.25) is 5.91 Å². The third kappa shape index (κ3) is 5.24. The number of carbonyl (C=O) groups is 3. The summed E-state index contributed by atoms with van der Waals surface area (Å²) in [6, 6.07) is 16.4. The average molecular weight is 465 g/mol. The first-order valence-corrected chi connectivity index (χ1v) is 12.1. The Bertz CT molecular complexity index is 1010. The summed E-state index contributed by atoms with van der Waals surface area (Å²) in [6.07, 6.45) is 2.30. The van der Waals surface area contributed by atoms with Gasteiger partial charge in [-0.15, -0.1) is 0 Å². The summed E-state index contributed by atoms with van der Waals surface area (Å²) in [7, 11) is 0. The number of ether oxygens (including phenoxy) is 1. The number of nitrogens with zero attached hydrogens (tertiary/aromatic N) is 1.